The van der Waals surface area contributed by atoms with Gasteiger partial charge in [0, 0.05) is 13.2 Å². The zero-order valence-corrected chi connectivity index (χ0v) is 10.4. The minimum atomic E-state index is -0.410. The molecule has 1 aliphatic rings. The van der Waals surface area contributed by atoms with E-state index in [0.29, 0.717) is 12.2 Å². The van der Waals surface area contributed by atoms with Crippen molar-refractivity contribution in [1.82, 2.24) is 5.32 Å². The van der Waals surface area contributed by atoms with Gasteiger partial charge in [0.05, 0.1) is 0 Å². The summed E-state index contributed by atoms with van der Waals surface area (Å²) in [5.74, 6) is 0.667. The highest BCUT2D eigenvalue weighted by Crippen LogP contribution is 2.22. The second kappa shape index (κ2) is 6.40. The SMILES string of the molecule is O=C1NCCCCC1Oc1ccccc1CCO. The molecule has 4 heteroatoms. The van der Waals surface area contributed by atoms with Gasteiger partial charge in [-0.1, -0.05) is 18.2 Å². The molecule has 1 unspecified atom stereocenters. The molecule has 0 aromatic heterocycles. The normalized spacial score (nSPS) is 20.1. The molecule has 98 valence electrons. The molecule has 1 saturated heterocycles. The molecule has 1 atom stereocenters. The van der Waals surface area contributed by atoms with Crippen LogP contribution in [0.5, 0.6) is 5.75 Å². The van der Waals surface area contributed by atoms with E-state index in [2.05, 4.69) is 5.32 Å². The molecule has 0 bridgehead atoms. The van der Waals surface area contributed by atoms with Crippen LogP contribution in [0.2, 0.25) is 0 Å². The molecule has 1 aromatic rings. The fourth-order valence-electron chi connectivity index (χ4n) is 2.12. The molecule has 1 fully saturated rings. The van der Waals surface area contributed by atoms with Gasteiger partial charge in [-0.3, -0.25) is 4.79 Å². The average Bonchev–Trinajstić information content (AvgIpc) is 2.58. The van der Waals surface area contributed by atoms with Crippen LogP contribution in [0.15, 0.2) is 24.3 Å². The van der Waals surface area contributed by atoms with Crippen LogP contribution in [0, 0.1) is 0 Å². The van der Waals surface area contributed by atoms with Crippen molar-refractivity contribution in [2.45, 2.75) is 31.8 Å². The van der Waals surface area contributed by atoms with Crippen molar-refractivity contribution >= 4 is 5.91 Å². The Morgan fingerprint density at radius 3 is 3.00 bits per heavy atom. The lowest BCUT2D eigenvalue weighted by atomic mass is 10.1. The van der Waals surface area contributed by atoms with E-state index in [4.69, 9.17) is 9.84 Å². The number of carbonyl (C=O) groups excluding carboxylic acids is 1. The number of rotatable bonds is 4. The standard InChI is InChI=1S/C14H19NO3/c16-10-8-11-5-1-2-6-12(11)18-13-7-3-4-9-15-14(13)17/h1-2,5-6,13,16H,3-4,7-10H2,(H,15,17). The molecular formula is C14H19NO3. The number of aliphatic hydroxyl groups is 1. The van der Waals surface area contributed by atoms with Gasteiger partial charge in [0.1, 0.15) is 5.75 Å². The third-order valence-corrected chi connectivity index (χ3v) is 3.11. The Morgan fingerprint density at radius 2 is 2.17 bits per heavy atom. The lowest BCUT2D eigenvalue weighted by molar-refractivity contribution is -0.127. The van der Waals surface area contributed by atoms with E-state index in [1.54, 1.807) is 0 Å². The quantitative estimate of drug-likeness (QED) is 0.845. The Bertz CT molecular complexity index is 406. The summed E-state index contributed by atoms with van der Waals surface area (Å²) in [6, 6.07) is 7.55. The Labute approximate surface area is 107 Å². The van der Waals surface area contributed by atoms with Crippen LogP contribution in [-0.4, -0.2) is 30.3 Å². The number of carbonyl (C=O) groups is 1. The molecule has 2 N–H and O–H groups in total. The van der Waals surface area contributed by atoms with E-state index in [1.165, 1.54) is 0 Å². The fraction of sp³-hybridized carbons (Fsp3) is 0.500. The van der Waals surface area contributed by atoms with Gasteiger partial charge in [-0.2, -0.15) is 0 Å². The van der Waals surface area contributed by atoms with Gasteiger partial charge >= 0.3 is 0 Å². The summed E-state index contributed by atoms with van der Waals surface area (Å²) in [5, 5.41) is 11.9. The highest BCUT2D eigenvalue weighted by molar-refractivity contribution is 5.81. The zero-order chi connectivity index (χ0) is 12.8. The summed E-state index contributed by atoms with van der Waals surface area (Å²) in [6.07, 6.45) is 2.88. The molecule has 0 saturated carbocycles. The Morgan fingerprint density at radius 1 is 1.33 bits per heavy atom. The monoisotopic (exact) mass is 249 g/mol. The first-order chi connectivity index (χ1) is 8.81. The Kier molecular flexibility index (Phi) is 4.59. The topological polar surface area (TPSA) is 58.6 Å². The fourth-order valence-corrected chi connectivity index (χ4v) is 2.12. The maximum atomic E-state index is 11.8. The van der Waals surface area contributed by atoms with Gasteiger partial charge in [0.25, 0.3) is 5.91 Å². The van der Waals surface area contributed by atoms with Crippen LogP contribution in [-0.2, 0) is 11.2 Å². The number of para-hydroxylation sites is 1. The minimum Gasteiger partial charge on any atom is -0.480 e. The molecule has 0 radical (unpaired) electrons. The van der Waals surface area contributed by atoms with Crippen molar-refractivity contribution in [3.05, 3.63) is 29.8 Å². The van der Waals surface area contributed by atoms with Gasteiger partial charge in [0.15, 0.2) is 6.10 Å². The van der Waals surface area contributed by atoms with E-state index >= 15 is 0 Å². The lowest BCUT2D eigenvalue weighted by Gasteiger charge is -2.18. The number of nitrogens with one attached hydrogen (secondary N) is 1. The van der Waals surface area contributed by atoms with Crippen molar-refractivity contribution < 1.29 is 14.6 Å². The van der Waals surface area contributed by atoms with Crippen molar-refractivity contribution in [3.63, 3.8) is 0 Å². The van der Waals surface area contributed by atoms with Crippen LogP contribution in [0.4, 0.5) is 0 Å². The van der Waals surface area contributed by atoms with E-state index in [1.807, 2.05) is 24.3 Å². The van der Waals surface area contributed by atoms with Gasteiger partial charge < -0.3 is 15.2 Å². The average molecular weight is 249 g/mol. The molecule has 18 heavy (non-hydrogen) atoms. The first kappa shape index (κ1) is 12.9. The summed E-state index contributed by atoms with van der Waals surface area (Å²) in [7, 11) is 0. The van der Waals surface area contributed by atoms with Crippen molar-refractivity contribution in [2.75, 3.05) is 13.2 Å². The first-order valence-corrected chi connectivity index (χ1v) is 6.44. The van der Waals surface area contributed by atoms with Gasteiger partial charge in [-0.15, -0.1) is 0 Å². The molecule has 1 aromatic carbocycles. The number of amides is 1. The molecule has 1 aliphatic heterocycles. The predicted molar refractivity (Wildman–Crippen MR) is 68.5 cm³/mol. The maximum Gasteiger partial charge on any atom is 0.261 e. The Balaban J connectivity index is 2.09. The number of aliphatic hydroxyl groups excluding tert-OH is 1. The third-order valence-electron chi connectivity index (χ3n) is 3.11. The molecule has 1 amide bonds. The summed E-state index contributed by atoms with van der Waals surface area (Å²) in [5.41, 5.74) is 0.942. The molecule has 1 heterocycles. The number of ether oxygens (including phenoxy) is 1. The van der Waals surface area contributed by atoms with Gasteiger partial charge in [0.2, 0.25) is 0 Å². The number of hydrogen-bond acceptors (Lipinski definition) is 3. The molecule has 0 spiro atoms. The smallest absolute Gasteiger partial charge is 0.261 e. The summed E-state index contributed by atoms with van der Waals surface area (Å²) in [4.78, 5) is 11.8. The van der Waals surface area contributed by atoms with Crippen LogP contribution in [0.1, 0.15) is 24.8 Å². The highest BCUT2D eigenvalue weighted by Gasteiger charge is 2.22. The Hall–Kier alpha value is -1.55. The minimum absolute atomic E-state index is 0.0358. The highest BCUT2D eigenvalue weighted by atomic mass is 16.5. The molecule has 0 aliphatic carbocycles. The van der Waals surface area contributed by atoms with E-state index < -0.39 is 6.10 Å². The second-order valence-corrected chi connectivity index (χ2v) is 4.47. The largest absolute Gasteiger partial charge is 0.480 e. The van der Waals surface area contributed by atoms with Crippen molar-refractivity contribution in [1.29, 1.82) is 0 Å². The summed E-state index contributed by atoms with van der Waals surface area (Å²) >= 11 is 0. The maximum absolute atomic E-state index is 11.8. The molecule has 2 rings (SSSR count). The van der Waals surface area contributed by atoms with Gasteiger partial charge in [-0.05, 0) is 37.3 Å². The van der Waals surface area contributed by atoms with Gasteiger partial charge in [-0.25, -0.2) is 0 Å². The molecule has 4 nitrogen and oxygen atoms in total. The van der Waals surface area contributed by atoms with Crippen LogP contribution in [0.3, 0.4) is 0 Å². The number of hydrogen-bond donors (Lipinski definition) is 2. The van der Waals surface area contributed by atoms with E-state index in [0.717, 1.165) is 31.4 Å². The lowest BCUT2D eigenvalue weighted by Crippen LogP contribution is -2.36. The summed E-state index contributed by atoms with van der Waals surface area (Å²) < 4.78 is 5.81. The predicted octanol–water partition coefficient (Wildman–Crippen LogP) is 1.27. The van der Waals surface area contributed by atoms with Crippen molar-refractivity contribution in [2.24, 2.45) is 0 Å². The zero-order valence-electron chi connectivity index (χ0n) is 10.4. The van der Waals surface area contributed by atoms with Crippen LogP contribution in [0.25, 0.3) is 0 Å². The first-order valence-electron chi connectivity index (χ1n) is 6.44. The van der Waals surface area contributed by atoms with E-state index in [-0.39, 0.29) is 12.5 Å². The summed E-state index contributed by atoms with van der Waals surface area (Å²) in [6.45, 7) is 0.814. The van der Waals surface area contributed by atoms with Crippen LogP contribution < -0.4 is 10.1 Å². The van der Waals surface area contributed by atoms with Crippen LogP contribution >= 0.6 is 0 Å². The molecular weight excluding hydrogens is 230 g/mol. The second-order valence-electron chi connectivity index (χ2n) is 4.47. The van der Waals surface area contributed by atoms with E-state index in [9.17, 15) is 4.79 Å². The third kappa shape index (κ3) is 3.23. The van der Waals surface area contributed by atoms with Crippen molar-refractivity contribution in [3.8, 4) is 5.75 Å². The number of benzene rings is 1.